The summed E-state index contributed by atoms with van der Waals surface area (Å²) in [4.78, 5) is 12.7. The predicted molar refractivity (Wildman–Crippen MR) is 106 cm³/mol. The van der Waals surface area contributed by atoms with Crippen LogP contribution < -0.4 is 9.62 Å². The third-order valence-corrected chi connectivity index (χ3v) is 5.55. The third kappa shape index (κ3) is 4.85. The Kier molecular flexibility index (Phi) is 6.08. The van der Waals surface area contributed by atoms with Crippen molar-refractivity contribution >= 4 is 21.6 Å². The number of rotatable bonds is 6. The van der Waals surface area contributed by atoms with Crippen LogP contribution in [-0.4, -0.2) is 26.6 Å². The number of sulfonamides is 1. The lowest BCUT2D eigenvalue weighted by Gasteiger charge is -2.29. The van der Waals surface area contributed by atoms with Crippen molar-refractivity contribution < 1.29 is 13.2 Å². The number of benzene rings is 2. The first kappa shape index (κ1) is 20.0. The van der Waals surface area contributed by atoms with Gasteiger partial charge in [0.15, 0.2) is 0 Å². The number of amides is 1. The van der Waals surface area contributed by atoms with E-state index in [1.165, 1.54) is 0 Å². The number of aryl methyl sites for hydroxylation is 2. The van der Waals surface area contributed by atoms with E-state index in [-0.39, 0.29) is 11.9 Å². The van der Waals surface area contributed by atoms with Crippen LogP contribution in [0.4, 0.5) is 5.69 Å². The second kappa shape index (κ2) is 7.91. The molecular weight excluding hydrogens is 348 g/mol. The van der Waals surface area contributed by atoms with Crippen LogP contribution in [0.25, 0.3) is 0 Å². The minimum absolute atomic E-state index is 0.218. The summed E-state index contributed by atoms with van der Waals surface area (Å²) < 4.78 is 25.8. The van der Waals surface area contributed by atoms with Gasteiger partial charge in [0.1, 0.15) is 6.04 Å². The summed E-state index contributed by atoms with van der Waals surface area (Å²) >= 11 is 0. The van der Waals surface area contributed by atoms with E-state index in [0.717, 1.165) is 27.3 Å². The largest absolute Gasteiger partial charge is 0.348 e. The highest BCUT2D eigenvalue weighted by molar-refractivity contribution is 7.92. The van der Waals surface area contributed by atoms with E-state index in [1.807, 2.05) is 57.2 Å². The summed E-state index contributed by atoms with van der Waals surface area (Å²) in [6, 6.07) is 13.9. The quantitative estimate of drug-likeness (QED) is 0.843. The molecule has 0 spiro atoms. The van der Waals surface area contributed by atoms with Crippen molar-refractivity contribution in [3.05, 3.63) is 65.2 Å². The van der Waals surface area contributed by atoms with Crippen LogP contribution in [0.15, 0.2) is 48.5 Å². The Morgan fingerprint density at radius 2 is 1.38 bits per heavy atom. The van der Waals surface area contributed by atoms with Gasteiger partial charge in [-0.05, 0) is 45.4 Å². The standard InChI is InChI=1S/C20H26N2O3S/c1-14-6-10-18(11-7-14)16(3)21-20(23)17(4)22(26(5,24)25)19-12-8-15(2)9-13-19/h6-13,16-17H,1-5H3,(H,21,23)/t16-,17+/m1/s1. The van der Waals surface area contributed by atoms with E-state index >= 15 is 0 Å². The molecule has 0 aromatic heterocycles. The second-order valence-electron chi connectivity index (χ2n) is 6.71. The number of hydrogen-bond donors (Lipinski definition) is 1. The lowest BCUT2D eigenvalue weighted by molar-refractivity contribution is -0.122. The molecule has 5 nitrogen and oxygen atoms in total. The van der Waals surface area contributed by atoms with Crippen molar-refractivity contribution in [3.63, 3.8) is 0 Å². The number of nitrogens with one attached hydrogen (secondary N) is 1. The molecule has 2 atom stereocenters. The molecule has 2 rings (SSSR count). The predicted octanol–water partition coefficient (Wildman–Crippen LogP) is 3.34. The van der Waals surface area contributed by atoms with E-state index in [9.17, 15) is 13.2 Å². The van der Waals surface area contributed by atoms with Crippen molar-refractivity contribution in [2.24, 2.45) is 0 Å². The summed E-state index contributed by atoms with van der Waals surface area (Å²) in [7, 11) is -3.61. The molecule has 0 saturated carbocycles. The third-order valence-electron chi connectivity index (χ3n) is 4.31. The molecule has 0 radical (unpaired) electrons. The fraction of sp³-hybridized carbons (Fsp3) is 0.350. The fourth-order valence-corrected chi connectivity index (χ4v) is 3.95. The van der Waals surface area contributed by atoms with E-state index in [2.05, 4.69) is 5.32 Å². The minimum Gasteiger partial charge on any atom is -0.348 e. The highest BCUT2D eigenvalue weighted by Gasteiger charge is 2.29. The summed E-state index contributed by atoms with van der Waals surface area (Å²) in [6.45, 7) is 7.40. The lowest BCUT2D eigenvalue weighted by Crippen LogP contribution is -2.48. The Morgan fingerprint density at radius 1 is 0.923 bits per heavy atom. The average Bonchev–Trinajstić information content (AvgIpc) is 2.56. The maximum Gasteiger partial charge on any atom is 0.244 e. The van der Waals surface area contributed by atoms with E-state index in [4.69, 9.17) is 0 Å². The smallest absolute Gasteiger partial charge is 0.244 e. The molecule has 26 heavy (non-hydrogen) atoms. The number of nitrogens with zero attached hydrogens (tertiary/aromatic N) is 1. The first-order chi connectivity index (χ1) is 12.1. The fourth-order valence-electron chi connectivity index (χ4n) is 2.77. The summed E-state index contributed by atoms with van der Waals surface area (Å²) in [5.74, 6) is -0.343. The molecule has 2 aromatic rings. The Bertz CT molecular complexity index is 859. The SMILES string of the molecule is Cc1ccc([C@@H](C)NC(=O)[C@H](C)N(c2ccc(C)cc2)S(C)(=O)=O)cc1. The number of anilines is 1. The van der Waals surface area contributed by atoms with Crippen LogP contribution in [-0.2, 0) is 14.8 Å². The van der Waals surface area contributed by atoms with Crippen LogP contribution in [0.5, 0.6) is 0 Å². The van der Waals surface area contributed by atoms with Gasteiger partial charge in [0.05, 0.1) is 18.0 Å². The van der Waals surface area contributed by atoms with Crippen molar-refractivity contribution in [3.8, 4) is 0 Å². The van der Waals surface area contributed by atoms with Crippen molar-refractivity contribution in [2.75, 3.05) is 10.6 Å². The molecule has 1 N–H and O–H groups in total. The Morgan fingerprint density at radius 3 is 1.85 bits per heavy atom. The highest BCUT2D eigenvalue weighted by Crippen LogP contribution is 2.22. The second-order valence-corrected chi connectivity index (χ2v) is 8.57. The van der Waals surface area contributed by atoms with Crippen molar-refractivity contribution in [1.29, 1.82) is 0 Å². The first-order valence-electron chi connectivity index (χ1n) is 8.52. The topological polar surface area (TPSA) is 66.5 Å². The molecular formula is C20H26N2O3S. The molecule has 6 heteroatoms. The zero-order valence-electron chi connectivity index (χ0n) is 15.9. The Balaban J connectivity index is 2.22. The number of carbonyl (C=O) groups excluding carboxylic acids is 1. The van der Waals surface area contributed by atoms with Crippen LogP contribution >= 0.6 is 0 Å². The summed E-state index contributed by atoms with van der Waals surface area (Å²) in [5, 5.41) is 2.90. The van der Waals surface area contributed by atoms with Gasteiger partial charge >= 0.3 is 0 Å². The lowest BCUT2D eigenvalue weighted by atomic mass is 10.1. The maximum absolute atomic E-state index is 12.7. The molecule has 0 heterocycles. The first-order valence-corrected chi connectivity index (χ1v) is 10.4. The van der Waals surface area contributed by atoms with Gasteiger partial charge in [-0.2, -0.15) is 0 Å². The van der Waals surface area contributed by atoms with Crippen LogP contribution in [0.1, 0.15) is 36.6 Å². The molecule has 0 saturated heterocycles. The van der Waals surface area contributed by atoms with Gasteiger partial charge in [0.2, 0.25) is 15.9 Å². The summed E-state index contributed by atoms with van der Waals surface area (Å²) in [5.41, 5.74) is 3.61. The molecule has 0 aliphatic heterocycles. The zero-order valence-corrected chi connectivity index (χ0v) is 16.7. The van der Waals surface area contributed by atoms with Crippen LogP contribution in [0, 0.1) is 13.8 Å². The van der Waals surface area contributed by atoms with Gasteiger partial charge < -0.3 is 5.32 Å². The molecule has 1 amide bonds. The molecule has 140 valence electrons. The van der Waals surface area contributed by atoms with Gasteiger partial charge in [0, 0.05) is 0 Å². The molecule has 0 bridgehead atoms. The number of hydrogen-bond acceptors (Lipinski definition) is 3. The highest BCUT2D eigenvalue weighted by atomic mass is 32.2. The monoisotopic (exact) mass is 374 g/mol. The molecule has 2 aromatic carbocycles. The minimum atomic E-state index is -3.61. The normalized spacial score (nSPS) is 13.7. The number of carbonyl (C=O) groups is 1. The van der Waals surface area contributed by atoms with E-state index < -0.39 is 16.1 Å². The van der Waals surface area contributed by atoms with Gasteiger partial charge in [-0.25, -0.2) is 8.42 Å². The molecule has 0 aliphatic carbocycles. The van der Waals surface area contributed by atoms with Gasteiger partial charge in [-0.15, -0.1) is 0 Å². The Hall–Kier alpha value is -2.34. The van der Waals surface area contributed by atoms with Crippen molar-refractivity contribution in [2.45, 2.75) is 39.8 Å². The van der Waals surface area contributed by atoms with Gasteiger partial charge in [-0.1, -0.05) is 47.5 Å². The average molecular weight is 375 g/mol. The zero-order chi connectivity index (χ0) is 19.5. The maximum atomic E-state index is 12.7. The van der Waals surface area contributed by atoms with E-state index in [0.29, 0.717) is 5.69 Å². The summed E-state index contributed by atoms with van der Waals surface area (Å²) in [6.07, 6.45) is 1.11. The van der Waals surface area contributed by atoms with Crippen LogP contribution in [0.2, 0.25) is 0 Å². The molecule has 0 unspecified atom stereocenters. The van der Waals surface area contributed by atoms with Gasteiger partial charge in [-0.3, -0.25) is 9.10 Å². The Labute approximate surface area is 156 Å². The van der Waals surface area contributed by atoms with Crippen LogP contribution in [0.3, 0.4) is 0 Å². The molecule has 0 aliphatic rings. The molecule has 0 fully saturated rings. The van der Waals surface area contributed by atoms with Gasteiger partial charge in [0.25, 0.3) is 0 Å². The van der Waals surface area contributed by atoms with E-state index in [1.54, 1.807) is 19.1 Å². The van der Waals surface area contributed by atoms with Crippen molar-refractivity contribution in [1.82, 2.24) is 5.32 Å².